The highest BCUT2D eigenvalue weighted by Gasteiger charge is 2.09. The Morgan fingerprint density at radius 1 is 1.27 bits per heavy atom. The van der Waals surface area contributed by atoms with Gasteiger partial charge in [-0.2, -0.15) is 4.98 Å². The van der Waals surface area contributed by atoms with E-state index in [1.54, 1.807) is 10.6 Å². The summed E-state index contributed by atoms with van der Waals surface area (Å²) in [5.41, 5.74) is 10.2. The van der Waals surface area contributed by atoms with Crippen LogP contribution in [0, 0.1) is 13.8 Å². The van der Waals surface area contributed by atoms with Crippen LogP contribution in [0.4, 0.5) is 5.95 Å². The number of hydrogen-bond donors (Lipinski definition) is 3. The molecule has 0 aliphatic heterocycles. The lowest BCUT2D eigenvalue weighted by molar-refractivity contribution is 0.467. The van der Waals surface area contributed by atoms with E-state index in [4.69, 9.17) is 5.73 Å². The molecule has 132 valence electrons. The number of anilines is 1. The highest BCUT2D eigenvalue weighted by molar-refractivity contribution is 5.68. The molecule has 0 unspecified atom stereocenters. The van der Waals surface area contributed by atoms with Crippen LogP contribution in [0.5, 0.6) is 5.75 Å². The van der Waals surface area contributed by atoms with Gasteiger partial charge in [0.1, 0.15) is 5.75 Å². The van der Waals surface area contributed by atoms with Gasteiger partial charge in [0.15, 0.2) is 5.65 Å². The second kappa shape index (κ2) is 7.10. The van der Waals surface area contributed by atoms with Crippen LogP contribution in [0.2, 0.25) is 0 Å². The highest BCUT2D eigenvalue weighted by Crippen LogP contribution is 2.29. The SMILES string of the molecule is C=C/C(=C\N=C/N)Nc1nc2ccc(-c3cc(C)c(O)c(C)c3)cn2n1. The normalized spacial score (nSPS) is 12.0. The third kappa shape index (κ3) is 3.41. The Morgan fingerprint density at radius 3 is 2.65 bits per heavy atom. The number of phenols is 1. The smallest absolute Gasteiger partial charge is 0.247 e. The van der Waals surface area contributed by atoms with Crippen molar-refractivity contribution in [1.82, 2.24) is 14.6 Å². The summed E-state index contributed by atoms with van der Waals surface area (Å²) in [6.07, 6.45) is 6.22. The summed E-state index contributed by atoms with van der Waals surface area (Å²) in [5, 5.41) is 17.4. The molecule has 2 aromatic heterocycles. The number of benzene rings is 1. The Bertz CT molecular complexity index is 1010. The lowest BCUT2D eigenvalue weighted by Crippen LogP contribution is -1.99. The fourth-order valence-electron chi connectivity index (χ4n) is 2.62. The van der Waals surface area contributed by atoms with Crippen molar-refractivity contribution in [2.75, 3.05) is 5.32 Å². The molecule has 7 heteroatoms. The van der Waals surface area contributed by atoms with Gasteiger partial charge in [-0.1, -0.05) is 6.58 Å². The number of allylic oxidation sites excluding steroid dienone is 1. The number of aryl methyl sites for hydroxylation is 2. The number of nitrogens with zero attached hydrogens (tertiary/aromatic N) is 4. The van der Waals surface area contributed by atoms with Crippen LogP contribution in [-0.4, -0.2) is 26.0 Å². The van der Waals surface area contributed by atoms with E-state index in [2.05, 4.69) is 27.0 Å². The molecule has 7 nitrogen and oxygen atoms in total. The molecule has 0 aliphatic rings. The summed E-state index contributed by atoms with van der Waals surface area (Å²) < 4.78 is 1.70. The number of rotatable bonds is 5. The first-order valence-electron chi connectivity index (χ1n) is 8.02. The maximum atomic E-state index is 9.95. The Hall–Kier alpha value is -3.61. The Morgan fingerprint density at radius 2 is 2.00 bits per heavy atom. The van der Waals surface area contributed by atoms with Gasteiger partial charge in [0, 0.05) is 11.8 Å². The molecule has 3 rings (SSSR count). The van der Waals surface area contributed by atoms with Crippen molar-refractivity contribution in [2.45, 2.75) is 13.8 Å². The van der Waals surface area contributed by atoms with Gasteiger partial charge in [-0.25, -0.2) is 9.51 Å². The molecule has 0 bridgehead atoms. The van der Waals surface area contributed by atoms with E-state index in [1.165, 1.54) is 12.5 Å². The van der Waals surface area contributed by atoms with Gasteiger partial charge < -0.3 is 16.2 Å². The number of aromatic hydroxyl groups is 1. The van der Waals surface area contributed by atoms with E-state index in [1.807, 2.05) is 44.3 Å². The second-order valence-corrected chi connectivity index (χ2v) is 5.83. The molecule has 3 aromatic rings. The maximum absolute atomic E-state index is 9.95. The third-order valence-corrected chi connectivity index (χ3v) is 3.93. The average molecular weight is 348 g/mol. The Balaban J connectivity index is 1.96. The lowest BCUT2D eigenvalue weighted by atomic mass is 10.0. The number of fused-ring (bicyclic) bond motifs is 1. The molecule has 0 saturated heterocycles. The zero-order valence-corrected chi connectivity index (χ0v) is 14.6. The Labute approximate surface area is 151 Å². The topological polar surface area (TPSA) is 101 Å². The molecule has 1 aromatic carbocycles. The minimum Gasteiger partial charge on any atom is -0.507 e. The average Bonchev–Trinajstić information content (AvgIpc) is 3.04. The number of aliphatic imine (C=N–C) groups is 1. The van der Waals surface area contributed by atoms with E-state index in [9.17, 15) is 5.11 Å². The van der Waals surface area contributed by atoms with Gasteiger partial charge in [-0.05, 0) is 60.9 Å². The van der Waals surface area contributed by atoms with Crippen LogP contribution in [-0.2, 0) is 0 Å². The predicted octanol–water partition coefficient (Wildman–Crippen LogP) is 3.15. The third-order valence-electron chi connectivity index (χ3n) is 3.93. The molecule has 0 amide bonds. The summed E-state index contributed by atoms with van der Waals surface area (Å²) in [5.74, 6) is 0.754. The van der Waals surface area contributed by atoms with E-state index in [0.29, 0.717) is 23.0 Å². The zero-order valence-electron chi connectivity index (χ0n) is 14.6. The molecular weight excluding hydrogens is 328 g/mol. The monoisotopic (exact) mass is 348 g/mol. The summed E-state index contributed by atoms with van der Waals surface area (Å²) in [6.45, 7) is 7.48. The summed E-state index contributed by atoms with van der Waals surface area (Å²) in [4.78, 5) is 8.27. The molecule has 0 saturated carbocycles. The minimum absolute atomic E-state index is 0.325. The van der Waals surface area contributed by atoms with Gasteiger partial charge >= 0.3 is 0 Å². The standard InChI is InChI=1S/C19H20N6O/c1-4-16(9-21-11-20)22-19-23-17-6-5-14(10-25(17)24-19)15-7-12(2)18(26)13(3)8-15/h4-11,26H,1H2,2-3H3,(H2,20,21)(H,22,24)/b16-9+. The number of nitrogens with one attached hydrogen (secondary N) is 1. The lowest BCUT2D eigenvalue weighted by Gasteiger charge is -2.08. The van der Waals surface area contributed by atoms with Crippen molar-refractivity contribution >= 4 is 17.9 Å². The first kappa shape index (κ1) is 17.2. The van der Waals surface area contributed by atoms with Gasteiger partial charge in [-0.3, -0.25) is 0 Å². The number of nitrogens with two attached hydrogens (primary N) is 1. The van der Waals surface area contributed by atoms with E-state index >= 15 is 0 Å². The molecule has 0 radical (unpaired) electrons. The van der Waals surface area contributed by atoms with Gasteiger partial charge in [0.05, 0.1) is 18.2 Å². The zero-order chi connectivity index (χ0) is 18.7. The molecule has 26 heavy (non-hydrogen) atoms. The fourth-order valence-corrected chi connectivity index (χ4v) is 2.62. The molecule has 4 N–H and O–H groups in total. The van der Waals surface area contributed by atoms with Crippen LogP contribution < -0.4 is 11.1 Å². The largest absolute Gasteiger partial charge is 0.507 e. The van der Waals surface area contributed by atoms with E-state index in [-0.39, 0.29) is 0 Å². The van der Waals surface area contributed by atoms with Crippen LogP contribution in [0.25, 0.3) is 16.8 Å². The van der Waals surface area contributed by atoms with E-state index < -0.39 is 0 Å². The number of aromatic nitrogens is 3. The van der Waals surface area contributed by atoms with Crippen LogP contribution in [0.3, 0.4) is 0 Å². The predicted molar refractivity (Wildman–Crippen MR) is 104 cm³/mol. The number of pyridine rings is 1. The summed E-state index contributed by atoms with van der Waals surface area (Å²) in [7, 11) is 0. The van der Waals surface area contributed by atoms with Crippen molar-refractivity contribution in [3.8, 4) is 16.9 Å². The van der Waals surface area contributed by atoms with Crippen molar-refractivity contribution in [3.63, 3.8) is 0 Å². The van der Waals surface area contributed by atoms with Crippen molar-refractivity contribution in [3.05, 3.63) is 66.1 Å². The van der Waals surface area contributed by atoms with Crippen molar-refractivity contribution < 1.29 is 5.11 Å². The molecule has 2 heterocycles. The van der Waals surface area contributed by atoms with Crippen LogP contribution in [0.1, 0.15) is 11.1 Å². The molecule has 0 spiro atoms. The minimum atomic E-state index is 0.325. The molecule has 0 aliphatic carbocycles. The second-order valence-electron chi connectivity index (χ2n) is 5.83. The van der Waals surface area contributed by atoms with Crippen molar-refractivity contribution in [1.29, 1.82) is 0 Å². The summed E-state index contributed by atoms with van der Waals surface area (Å²) >= 11 is 0. The van der Waals surface area contributed by atoms with E-state index in [0.717, 1.165) is 22.3 Å². The quantitative estimate of drug-likeness (QED) is 0.373. The summed E-state index contributed by atoms with van der Waals surface area (Å²) in [6, 6.07) is 7.76. The fraction of sp³-hybridized carbons (Fsp3) is 0.105. The number of phenolic OH excluding ortho intramolecular Hbond substituents is 1. The maximum Gasteiger partial charge on any atom is 0.247 e. The van der Waals surface area contributed by atoms with Crippen LogP contribution in [0.15, 0.2) is 60.0 Å². The first-order chi connectivity index (χ1) is 12.5. The van der Waals surface area contributed by atoms with Crippen LogP contribution >= 0.6 is 0 Å². The van der Waals surface area contributed by atoms with Crippen molar-refractivity contribution in [2.24, 2.45) is 10.7 Å². The molecular formula is C19H20N6O. The number of hydrogen-bond acceptors (Lipinski definition) is 5. The van der Waals surface area contributed by atoms with Gasteiger partial charge in [0.2, 0.25) is 5.95 Å². The van der Waals surface area contributed by atoms with Gasteiger partial charge in [-0.15, -0.1) is 5.10 Å². The Kier molecular flexibility index (Phi) is 4.70. The highest BCUT2D eigenvalue weighted by atomic mass is 16.3. The van der Waals surface area contributed by atoms with Gasteiger partial charge in [0.25, 0.3) is 0 Å². The molecule has 0 atom stereocenters. The molecule has 0 fully saturated rings. The first-order valence-corrected chi connectivity index (χ1v) is 8.02.